The molecule has 1 atom stereocenters. The maximum Gasteiger partial charge on any atom is 0.179 e. The zero-order chi connectivity index (χ0) is 18.8. The number of rotatable bonds is 5. The highest BCUT2D eigenvalue weighted by Crippen LogP contribution is 2.33. The molecular formula is C16H13Cl4NO2S2. The topological polar surface area (TPSA) is 46.2 Å². The first-order chi connectivity index (χ1) is 11.6. The number of benzene rings is 2. The standard InChI is InChI=1S/C16H13Cl4NO2S2/c1-9(24)21-16(13-5-4-12(18)7-15(13)20)25(22,23)8-10-2-3-11(17)6-14(10)19/h2-7,16H,8H2,1H3,(H,21,24)/t16-/m1/s1. The quantitative estimate of drug-likeness (QED) is 0.573. The number of nitrogens with one attached hydrogen (secondary N) is 1. The molecule has 2 aromatic carbocycles. The number of sulfone groups is 1. The molecule has 3 nitrogen and oxygen atoms in total. The van der Waals surface area contributed by atoms with Crippen molar-refractivity contribution in [2.75, 3.05) is 0 Å². The Bertz CT molecular complexity index is 916. The summed E-state index contributed by atoms with van der Waals surface area (Å²) >= 11 is 29.1. The van der Waals surface area contributed by atoms with E-state index in [1.54, 1.807) is 31.2 Å². The Hall–Kier alpha value is -0.560. The second-order valence-corrected chi connectivity index (χ2v) is 9.67. The van der Waals surface area contributed by atoms with E-state index in [4.69, 9.17) is 58.6 Å². The van der Waals surface area contributed by atoms with Crippen LogP contribution in [0.15, 0.2) is 36.4 Å². The summed E-state index contributed by atoms with van der Waals surface area (Å²) in [5.74, 6) is -0.303. The van der Waals surface area contributed by atoms with Gasteiger partial charge in [-0.05, 0) is 36.8 Å². The predicted molar refractivity (Wildman–Crippen MR) is 110 cm³/mol. The molecule has 25 heavy (non-hydrogen) atoms. The van der Waals surface area contributed by atoms with Crippen molar-refractivity contribution in [3.8, 4) is 0 Å². The summed E-state index contributed by atoms with van der Waals surface area (Å²) < 4.78 is 26.0. The molecule has 0 saturated heterocycles. The second kappa shape index (κ2) is 8.42. The lowest BCUT2D eigenvalue weighted by Crippen LogP contribution is -2.32. The van der Waals surface area contributed by atoms with Gasteiger partial charge in [0.2, 0.25) is 0 Å². The van der Waals surface area contributed by atoms with Crippen LogP contribution in [0.2, 0.25) is 20.1 Å². The molecule has 9 heteroatoms. The minimum atomic E-state index is -3.75. The van der Waals surface area contributed by atoms with Gasteiger partial charge in [-0.2, -0.15) is 0 Å². The van der Waals surface area contributed by atoms with Crippen molar-refractivity contribution in [3.63, 3.8) is 0 Å². The van der Waals surface area contributed by atoms with Crippen LogP contribution in [0.3, 0.4) is 0 Å². The lowest BCUT2D eigenvalue weighted by Gasteiger charge is -2.21. The Morgan fingerprint density at radius 2 is 1.60 bits per heavy atom. The molecule has 2 rings (SSSR count). The van der Waals surface area contributed by atoms with Gasteiger partial charge < -0.3 is 5.32 Å². The molecule has 0 aromatic heterocycles. The van der Waals surface area contributed by atoms with Crippen LogP contribution < -0.4 is 5.32 Å². The Balaban J connectivity index is 2.46. The molecule has 2 aromatic rings. The molecule has 0 bridgehead atoms. The third-order valence-electron chi connectivity index (χ3n) is 3.31. The van der Waals surface area contributed by atoms with Gasteiger partial charge in [-0.3, -0.25) is 0 Å². The molecule has 0 fully saturated rings. The summed E-state index contributed by atoms with van der Waals surface area (Å²) in [5, 5.41) is 3.01. The van der Waals surface area contributed by atoms with Crippen molar-refractivity contribution in [1.29, 1.82) is 0 Å². The zero-order valence-corrected chi connectivity index (χ0v) is 17.6. The Labute approximate surface area is 172 Å². The minimum absolute atomic E-state index is 0.229. The van der Waals surface area contributed by atoms with Gasteiger partial charge in [0, 0.05) is 25.7 Å². The summed E-state index contributed by atoms with van der Waals surface area (Å²) in [7, 11) is -3.75. The summed E-state index contributed by atoms with van der Waals surface area (Å²) in [4.78, 5) is 0.321. The van der Waals surface area contributed by atoms with Gasteiger partial charge in [-0.1, -0.05) is 70.8 Å². The highest BCUT2D eigenvalue weighted by molar-refractivity contribution is 7.91. The highest BCUT2D eigenvalue weighted by atomic mass is 35.5. The average molecular weight is 457 g/mol. The zero-order valence-electron chi connectivity index (χ0n) is 12.9. The lowest BCUT2D eigenvalue weighted by atomic mass is 10.2. The normalized spacial score (nSPS) is 12.7. The summed E-state index contributed by atoms with van der Waals surface area (Å²) in [6, 6.07) is 9.27. The van der Waals surface area contributed by atoms with Gasteiger partial charge in [0.15, 0.2) is 15.2 Å². The first-order valence-electron chi connectivity index (χ1n) is 6.97. The molecule has 1 N–H and O–H groups in total. The van der Waals surface area contributed by atoms with E-state index < -0.39 is 15.2 Å². The third kappa shape index (κ3) is 5.46. The fraction of sp³-hybridized carbons (Fsp3) is 0.188. The fourth-order valence-corrected chi connectivity index (χ4v) is 5.33. The first-order valence-corrected chi connectivity index (χ1v) is 10.6. The Kier molecular flexibility index (Phi) is 6.99. The van der Waals surface area contributed by atoms with E-state index >= 15 is 0 Å². The average Bonchev–Trinajstić information content (AvgIpc) is 2.48. The van der Waals surface area contributed by atoms with E-state index in [-0.39, 0.29) is 15.8 Å². The molecule has 0 spiro atoms. The first kappa shape index (κ1) is 20.7. The molecule has 0 heterocycles. The SMILES string of the molecule is CC(=S)N[C@@H](c1ccc(Cl)cc1Cl)S(=O)(=O)Cc1ccc(Cl)cc1Cl. The van der Waals surface area contributed by atoms with Crippen molar-refractivity contribution < 1.29 is 8.42 Å². The van der Waals surface area contributed by atoms with E-state index in [2.05, 4.69) is 5.32 Å². The van der Waals surface area contributed by atoms with E-state index in [1.807, 2.05) is 0 Å². The van der Waals surface area contributed by atoms with E-state index in [9.17, 15) is 8.42 Å². The van der Waals surface area contributed by atoms with E-state index in [0.717, 1.165) is 0 Å². The van der Waals surface area contributed by atoms with Crippen LogP contribution in [0.4, 0.5) is 0 Å². The van der Waals surface area contributed by atoms with Crippen LogP contribution >= 0.6 is 58.6 Å². The van der Waals surface area contributed by atoms with Crippen molar-refractivity contribution in [3.05, 3.63) is 67.6 Å². The van der Waals surface area contributed by atoms with Gasteiger partial charge in [-0.25, -0.2) is 8.42 Å². The molecule has 0 aliphatic rings. The van der Waals surface area contributed by atoms with Gasteiger partial charge in [0.25, 0.3) is 0 Å². The second-order valence-electron chi connectivity index (χ2n) is 5.29. The highest BCUT2D eigenvalue weighted by Gasteiger charge is 2.30. The smallest absolute Gasteiger partial charge is 0.179 e. The Morgan fingerprint density at radius 1 is 1.04 bits per heavy atom. The molecule has 134 valence electrons. The van der Waals surface area contributed by atoms with E-state index in [1.165, 1.54) is 12.1 Å². The third-order valence-corrected chi connectivity index (χ3v) is 6.38. The van der Waals surface area contributed by atoms with Crippen LogP contribution in [0.25, 0.3) is 0 Å². The maximum atomic E-state index is 13.0. The van der Waals surface area contributed by atoms with Crippen LogP contribution in [-0.2, 0) is 15.6 Å². The van der Waals surface area contributed by atoms with Crippen molar-refractivity contribution in [2.24, 2.45) is 0 Å². The van der Waals surface area contributed by atoms with Gasteiger partial charge in [0.05, 0.1) is 10.7 Å². The largest absolute Gasteiger partial charge is 0.360 e. The molecular weight excluding hydrogens is 444 g/mol. The van der Waals surface area contributed by atoms with Crippen LogP contribution in [0.5, 0.6) is 0 Å². The number of thiocarbonyl (C=S) groups is 1. The molecule has 0 radical (unpaired) electrons. The number of hydrogen-bond donors (Lipinski definition) is 1. The van der Waals surface area contributed by atoms with E-state index in [0.29, 0.717) is 26.2 Å². The van der Waals surface area contributed by atoms with Gasteiger partial charge in [-0.15, -0.1) is 0 Å². The molecule has 0 saturated carbocycles. The van der Waals surface area contributed by atoms with Crippen molar-refractivity contribution >= 4 is 73.4 Å². The lowest BCUT2D eigenvalue weighted by molar-refractivity contribution is 0.576. The number of hydrogen-bond acceptors (Lipinski definition) is 3. The Morgan fingerprint density at radius 3 is 2.12 bits per heavy atom. The van der Waals surface area contributed by atoms with Crippen LogP contribution in [-0.4, -0.2) is 13.4 Å². The number of halogens is 4. The van der Waals surface area contributed by atoms with Crippen molar-refractivity contribution in [2.45, 2.75) is 18.1 Å². The molecule has 0 aliphatic carbocycles. The summed E-state index contributed by atoms with van der Waals surface area (Å²) in [6.45, 7) is 1.59. The minimum Gasteiger partial charge on any atom is -0.360 e. The predicted octanol–water partition coefficient (Wildman–Crippen LogP) is 5.85. The van der Waals surface area contributed by atoms with Gasteiger partial charge in [0.1, 0.15) is 0 Å². The fourth-order valence-electron chi connectivity index (χ4n) is 2.20. The van der Waals surface area contributed by atoms with Gasteiger partial charge >= 0.3 is 0 Å². The monoisotopic (exact) mass is 455 g/mol. The van der Waals surface area contributed by atoms with Crippen LogP contribution in [0, 0.1) is 0 Å². The van der Waals surface area contributed by atoms with Crippen LogP contribution in [0.1, 0.15) is 23.4 Å². The summed E-state index contributed by atoms with van der Waals surface area (Å²) in [6.07, 6.45) is 0. The maximum absolute atomic E-state index is 13.0. The molecule has 0 amide bonds. The van der Waals surface area contributed by atoms with Crippen molar-refractivity contribution in [1.82, 2.24) is 5.32 Å². The summed E-state index contributed by atoms with van der Waals surface area (Å²) in [5.41, 5.74) is 0.797. The molecule has 0 unspecified atom stereocenters. The molecule has 0 aliphatic heterocycles.